The third kappa shape index (κ3) is 3.98. The third-order valence-electron chi connectivity index (χ3n) is 4.58. The van der Waals surface area contributed by atoms with Crippen molar-refractivity contribution in [2.75, 3.05) is 12.3 Å². The predicted octanol–water partition coefficient (Wildman–Crippen LogP) is 2.90. The molecule has 0 bridgehead atoms. The quantitative estimate of drug-likeness (QED) is 0.783. The molecule has 0 spiro atoms. The molecular formula is C18H24N4OS. The van der Waals surface area contributed by atoms with Gasteiger partial charge in [0.1, 0.15) is 5.82 Å². The fraction of sp³-hybridized carbons (Fsp3) is 0.500. The van der Waals surface area contributed by atoms with Crippen molar-refractivity contribution in [3.63, 3.8) is 0 Å². The summed E-state index contributed by atoms with van der Waals surface area (Å²) >= 11 is 1.48. The molecule has 0 unspecified atom stereocenters. The fourth-order valence-electron chi connectivity index (χ4n) is 3.08. The maximum absolute atomic E-state index is 12.4. The molecular weight excluding hydrogens is 320 g/mol. The van der Waals surface area contributed by atoms with E-state index in [1.54, 1.807) is 0 Å². The molecule has 5 nitrogen and oxygen atoms in total. The Hall–Kier alpha value is -1.82. The van der Waals surface area contributed by atoms with E-state index in [2.05, 4.69) is 29.3 Å². The van der Waals surface area contributed by atoms with Gasteiger partial charge in [-0.3, -0.25) is 4.79 Å². The van der Waals surface area contributed by atoms with Gasteiger partial charge in [0.05, 0.1) is 5.75 Å². The average molecular weight is 344 g/mol. The number of rotatable bonds is 5. The zero-order valence-corrected chi connectivity index (χ0v) is 15.1. The standard InChI is InChI=1S/C18H24N4OS/c1-14-8-6-7-11-22(14)17(23)13-24-18-20-19-16(21(18)2)12-15-9-4-3-5-10-15/h3-5,9-10,14H,6-8,11-13H2,1-2H3/t14-/m1/s1. The molecule has 0 saturated carbocycles. The molecule has 0 radical (unpaired) electrons. The van der Waals surface area contributed by atoms with E-state index in [-0.39, 0.29) is 5.91 Å². The maximum atomic E-state index is 12.4. The van der Waals surface area contributed by atoms with Crippen molar-refractivity contribution < 1.29 is 4.79 Å². The summed E-state index contributed by atoms with van der Waals surface area (Å²) in [5, 5.41) is 9.34. The summed E-state index contributed by atoms with van der Waals surface area (Å²) in [4.78, 5) is 14.5. The first-order valence-electron chi connectivity index (χ1n) is 8.49. The van der Waals surface area contributed by atoms with Crippen LogP contribution in [-0.4, -0.2) is 43.9 Å². The molecule has 6 heteroatoms. The van der Waals surface area contributed by atoms with E-state index in [4.69, 9.17) is 0 Å². The Balaban J connectivity index is 1.59. The lowest BCUT2D eigenvalue weighted by atomic mass is 10.0. The van der Waals surface area contributed by atoms with Crippen LogP contribution >= 0.6 is 11.8 Å². The number of nitrogens with zero attached hydrogens (tertiary/aromatic N) is 4. The number of carbonyl (C=O) groups is 1. The SMILES string of the molecule is C[C@@H]1CCCCN1C(=O)CSc1nnc(Cc2ccccc2)n1C. The lowest BCUT2D eigenvalue weighted by Gasteiger charge is -2.33. The van der Waals surface area contributed by atoms with Gasteiger partial charge in [-0.1, -0.05) is 42.1 Å². The van der Waals surface area contributed by atoms with Crippen LogP contribution in [-0.2, 0) is 18.3 Å². The zero-order chi connectivity index (χ0) is 16.9. The molecule has 0 N–H and O–H groups in total. The first-order chi connectivity index (χ1) is 11.6. The number of likely N-dealkylation sites (tertiary alicyclic amines) is 1. The molecule has 2 heterocycles. The van der Waals surface area contributed by atoms with E-state index >= 15 is 0 Å². The average Bonchev–Trinajstić information content (AvgIpc) is 2.94. The second kappa shape index (κ2) is 7.83. The number of thioether (sulfide) groups is 1. The summed E-state index contributed by atoms with van der Waals surface area (Å²) in [6, 6.07) is 10.6. The normalized spacial score (nSPS) is 17.9. The molecule has 24 heavy (non-hydrogen) atoms. The van der Waals surface area contributed by atoms with Crippen LogP contribution in [0.2, 0.25) is 0 Å². The van der Waals surface area contributed by atoms with Gasteiger partial charge in [-0.2, -0.15) is 0 Å². The van der Waals surface area contributed by atoms with Crippen LogP contribution < -0.4 is 0 Å². The van der Waals surface area contributed by atoms with E-state index in [1.807, 2.05) is 34.7 Å². The minimum atomic E-state index is 0.208. The largest absolute Gasteiger partial charge is 0.339 e. The Bertz CT molecular complexity index is 686. The third-order valence-corrected chi connectivity index (χ3v) is 5.58. The first kappa shape index (κ1) is 17.0. The Kier molecular flexibility index (Phi) is 5.56. The van der Waals surface area contributed by atoms with Gasteiger partial charge in [0.2, 0.25) is 5.91 Å². The van der Waals surface area contributed by atoms with Crippen molar-refractivity contribution in [2.24, 2.45) is 7.05 Å². The summed E-state index contributed by atoms with van der Waals surface area (Å²) in [5.41, 5.74) is 1.21. The molecule has 1 saturated heterocycles. The van der Waals surface area contributed by atoms with Crippen LogP contribution in [0, 0.1) is 0 Å². The summed E-state index contributed by atoms with van der Waals surface area (Å²) in [6.45, 7) is 3.03. The highest BCUT2D eigenvalue weighted by molar-refractivity contribution is 7.99. The van der Waals surface area contributed by atoms with Gasteiger partial charge >= 0.3 is 0 Å². The monoisotopic (exact) mass is 344 g/mol. The zero-order valence-electron chi connectivity index (χ0n) is 14.3. The van der Waals surface area contributed by atoms with Crippen molar-refractivity contribution in [3.05, 3.63) is 41.7 Å². The second-order valence-corrected chi connectivity index (χ2v) is 7.28. The van der Waals surface area contributed by atoms with Gasteiger partial charge in [0.25, 0.3) is 0 Å². The van der Waals surface area contributed by atoms with E-state index in [0.717, 1.165) is 36.8 Å². The van der Waals surface area contributed by atoms with Crippen molar-refractivity contribution in [1.29, 1.82) is 0 Å². The van der Waals surface area contributed by atoms with Crippen molar-refractivity contribution >= 4 is 17.7 Å². The Morgan fingerprint density at radius 3 is 2.79 bits per heavy atom. The fourth-order valence-corrected chi connectivity index (χ4v) is 3.90. The minimum absolute atomic E-state index is 0.208. The first-order valence-corrected chi connectivity index (χ1v) is 9.48. The van der Waals surface area contributed by atoms with E-state index in [9.17, 15) is 4.79 Å². The molecule has 0 aliphatic carbocycles. The smallest absolute Gasteiger partial charge is 0.233 e. The topological polar surface area (TPSA) is 51.0 Å². The second-order valence-electron chi connectivity index (χ2n) is 6.34. The Morgan fingerprint density at radius 2 is 2.04 bits per heavy atom. The van der Waals surface area contributed by atoms with E-state index in [1.165, 1.54) is 23.7 Å². The minimum Gasteiger partial charge on any atom is -0.339 e. The molecule has 1 atom stereocenters. The van der Waals surface area contributed by atoms with Crippen molar-refractivity contribution in [3.8, 4) is 0 Å². The van der Waals surface area contributed by atoms with Crippen LogP contribution in [0.3, 0.4) is 0 Å². The molecule has 3 rings (SSSR count). The molecule has 1 fully saturated rings. The van der Waals surface area contributed by atoms with Gasteiger partial charge in [-0.05, 0) is 31.7 Å². The van der Waals surface area contributed by atoms with E-state index in [0.29, 0.717) is 11.8 Å². The summed E-state index contributed by atoms with van der Waals surface area (Å²) < 4.78 is 1.99. The highest BCUT2D eigenvalue weighted by atomic mass is 32.2. The van der Waals surface area contributed by atoms with Crippen molar-refractivity contribution in [2.45, 2.75) is 43.8 Å². The number of hydrogen-bond acceptors (Lipinski definition) is 4. The van der Waals surface area contributed by atoms with Crippen LogP contribution in [0.4, 0.5) is 0 Å². The van der Waals surface area contributed by atoms with Crippen LogP contribution in [0.15, 0.2) is 35.5 Å². The number of hydrogen-bond donors (Lipinski definition) is 0. The summed E-state index contributed by atoms with van der Waals surface area (Å²) in [6.07, 6.45) is 4.21. The maximum Gasteiger partial charge on any atom is 0.233 e. The van der Waals surface area contributed by atoms with Gasteiger partial charge in [-0.15, -0.1) is 10.2 Å². The van der Waals surface area contributed by atoms with Crippen molar-refractivity contribution in [1.82, 2.24) is 19.7 Å². The Morgan fingerprint density at radius 1 is 1.25 bits per heavy atom. The molecule has 1 aromatic heterocycles. The highest BCUT2D eigenvalue weighted by Gasteiger charge is 2.23. The van der Waals surface area contributed by atoms with Gasteiger partial charge in [0, 0.05) is 26.1 Å². The lowest BCUT2D eigenvalue weighted by molar-refractivity contribution is -0.131. The number of piperidine rings is 1. The molecule has 1 amide bonds. The number of amides is 1. The summed E-state index contributed by atoms with van der Waals surface area (Å²) in [7, 11) is 1.97. The number of aromatic nitrogens is 3. The number of carbonyl (C=O) groups excluding carboxylic acids is 1. The molecule has 1 aromatic carbocycles. The van der Waals surface area contributed by atoms with Crippen LogP contribution in [0.1, 0.15) is 37.6 Å². The Labute approximate surface area is 147 Å². The number of benzene rings is 1. The van der Waals surface area contributed by atoms with E-state index < -0.39 is 0 Å². The summed E-state index contributed by atoms with van der Waals surface area (Å²) in [5.74, 6) is 1.56. The molecule has 128 valence electrons. The highest BCUT2D eigenvalue weighted by Crippen LogP contribution is 2.21. The lowest BCUT2D eigenvalue weighted by Crippen LogP contribution is -2.42. The van der Waals surface area contributed by atoms with Crippen LogP contribution in [0.5, 0.6) is 0 Å². The van der Waals surface area contributed by atoms with Crippen LogP contribution in [0.25, 0.3) is 0 Å². The van der Waals surface area contributed by atoms with Gasteiger partial charge < -0.3 is 9.47 Å². The molecule has 2 aromatic rings. The molecule has 1 aliphatic rings. The predicted molar refractivity (Wildman–Crippen MR) is 96.0 cm³/mol. The van der Waals surface area contributed by atoms with Gasteiger partial charge in [0.15, 0.2) is 5.16 Å². The molecule has 1 aliphatic heterocycles. The van der Waals surface area contributed by atoms with Gasteiger partial charge in [-0.25, -0.2) is 0 Å².